The monoisotopic (exact) mass is 339 g/mol. The number of anilines is 1. The van der Waals surface area contributed by atoms with Gasteiger partial charge in [0, 0.05) is 37.6 Å². The van der Waals surface area contributed by atoms with E-state index < -0.39 is 9.84 Å². The third-order valence-corrected chi connectivity index (χ3v) is 5.79. The van der Waals surface area contributed by atoms with Crippen LogP contribution in [-0.4, -0.2) is 53.7 Å². The molecule has 2 aliphatic rings. The van der Waals surface area contributed by atoms with Crippen LogP contribution in [0.5, 0.6) is 0 Å². The fourth-order valence-electron chi connectivity index (χ4n) is 3.17. The molecule has 2 aliphatic heterocycles. The van der Waals surface area contributed by atoms with E-state index in [1.807, 2.05) is 12.1 Å². The van der Waals surface area contributed by atoms with Crippen LogP contribution in [-0.2, 0) is 19.3 Å². The van der Waals surface area contributed by atoms with Gasteiger partial charge in [-0.1, -0.05) is 0 Å². The third kappa shape index (κ3) is 4.46. The minimum atomic E-state index is -3.12. The molecule has 6 heteroatoms. The first-order valence-electron chi connectivity index (χ1n) is 8.27. The van der Waals surface area contributed by atoms with Crippen LogP contribution in [0.1, 0.15) is 19.3 Å². The molecule has 1 atom stereocenters. The van der Waals surface area contributed by atoms with Crippen LogP contribution in [0.25, 0.3) is 0 Å². The summed E-state index contributed by atoms with van der Waals surface area (Å²) in [7, 11) is -3.12. The van der Waals surface area contributed by atoms with E-state index in [0.717, 1.165) is 57.9 Å². The average Bonchev–Trinajstić information content (AvgIpc) is 3.06. The van der Waals surface area contributed by atoms with E-state index in [-0.39, 0.29) is 0 Å². The van der Waals surface area contributed by atoms with Crippen molar-refractivity contribution < 1.29 is 17.9 Å². The zero-order chi connectivity index (χ0) is 16.3. The van der Waals surface area contributed by atoms with Crippen molar-refractivity contribution in [1.82, 2.24) is 0 Å². The Bertz CT molecular complexity index is 600. The van der Waals surface area contributed by atoms with Crippen molar-refractivity contribution in [1.29, 1.82) is 0 Å². The summed E-state index contributed by atoms with van der Waals surface area (Å²) in [5, 5.41) is 0. The zero-order valence-corrected chi connectivity index (χ0v) is 14.4. The summed E-state index contributed by atoms with van der Waals surface area (Å²) in [6, 6.07) is 7.17. The van der Waals surface area contributed by atoms with Crippen molar-refractivity contribution in [2.75, 3.05) is 44.1 Å². The van der Waals surface area contributed by atoms with Gasteiger partial charge in [-0.3, -0.25) is 0 Å². The minimum absolute atomic E-state index is 0.335. The number of benzene rings is 1. The maximum absolute atomic E-state index is 11.5. The summed E-state index contributed by atoms with van der Waals surface area (Å²) < 4.78 is 34.4. The fraction of sp³-hybridized carbons (Fsp3) is 0.647. The average molecular weight is 339 g/mol. The Morgan fingerprint density at radius 1 is 1.17 bits per heavy atom. The highest BCUT2D eigenvalue weighted by molar-refractivity contribution is 7.90. The van der Waals surface area contributed by atoms with E-state index >= 15 is 0 Å². The van der Waals surface area contributed by atoms with Gasteiger partial charge in [0.2, 0.25) is 0 Å². The summed E-state index contributed by atoms with van der Waals surface area (Å²) >= 11 is 0. The maximum Gasteiger partial charge on any atom is 0.175 e. The summed E-state index contributed by atoms with van der Waals surface area (Å²) in [5.74, 6) is 0.566. The largest absolute Gasteiger partial charge is 0.381 e. The first-order valence-corrected chi connectivity index (χ1v) is 10.2. The second-order valence-corrected chi connectivity index (χ2v) is 8.53. The van der Waals surface area contributed by atoms with Gasteiger partial charge >= 0.3 is 0 Å². The Labute approximate surface area is 138 Å². The molecule has 0 aliphatic carbocycles. The van der Waals surface area contributed by atoms with Crippen LogP contribution in [0, 0.1) is 5.92 Å². The molecule has 23 heavy (non-hydrogen) atoms. The SMILES string of the molecule is CS(=O)(=O)c1ccc(N2CCC(OCC3CCOC3)CC2)cc1. The van der Waals surface area contributed by atoms with Gasteiger partial charge in [0.1, 0.15) is 0 Å². The standard InChI is InChI=1S/C17H25NO4S/c1-23(19,20)17-4-2-15(3-5-17)18-9-6-16(7-10-18)22-13-14-8-11-21-12-14/h2-5,14,16H,6-13H2,1H3. The van der Waals surface area contributed by atoms with Crippen molar-refractivity contribution >= 4 is 15.5 Å². The summed E-state index contributed by atoms with van der Waals surface area (Å²) in [6.45, 7) is 4.42. The zero-order valence-electron chi connectivity index (χ0n) is 13.6. The van der Waals surface area contributed by atoms with Gasteiger partial charge in [-0.05, 0) is 43.5 Å². The molecular formula is C17H25NO4S. The van der Waals surface area contributed by atoms with Gasteiger partial charge in [0.05, 0.1) is 24.2 Å². The highest BCUT2D eigenvalue weighted by Crippen LogP contribution is 2.24. The number of piperidine rings is 1. The lowest BCUT2D eigenvalue weighted by molar-refractivity contribution is 0.0132. The van der Waals surface area contributed by atoms with Gasteiger partial charge in [0.15, 0.2) is 9.84 Å². The maximum atomic E-state index is 11.5. The van der Waals surface area contributed by atoms with E-state index in [0.29, 0.717) is 16.9 Å². The Kier molecular flexibility index (Phi) is 5.24. The lowest BCUT2D eigenvalue weighted by atomic mass is 10.1. The number of sulfone groups is 1. The second kappa shape index (κ2) is 7.20. The molecule has 0 bridgehead atoms. The molecule has 5 nitrogen and oxygen atoms in total. The Balaban J connectivity index is 1.48. The Morgan fingerprint density at radius 3 is 2.43 bits per heavy atom. The number of rotatable bonds is 5. The van der Waals surface area contributed by atoms with E-state index in [9.17, 15) is 8.42 Å². The Hall–Kier alpha value is -1.11. The molecular weight excluding hydrogens is 314 g/mol. The molecule has 0 aromatic heterocycles. The molecule has 2 fully saturated rings. The van der Waals surface area contributed by atoms with Crippen molar-refractivity contribution in [3.63, 3.8) is 0 Å². The first kappa shape index (κ1) is 16.7. The van der Waals surface area contributed by atoms with Crippen LogP contribution in [0.15, 0.2) is 29.2 Å². The van der Waals surface area contributed by atoms with Crippen LogP contribution >= 0.6 is 0 Å². The molecule has 2 heterocycles. The predicted octanol–water partition coefficient (Wildman–Crippen LogP) is 2.11. The van der Waals surface area contributed by atoms with Crippen LogP contribution < -0.4 is 4.90 Å². The molecule has 0 radical (unpaired) electrons. The van der Waals surface area contributed by atoms with Crippen molar-refractivity contribution in [2.24, 2.45) is 5.92 Å². The van der Waals surface area contributed by atoms with Gasteiger partial charge in [0.25, 0.3) is 0 Å². The van der Waals surface area contributed by atoms with E-state index in [2.05, 4.69) is 4.90 Å². The smallest absolute Gasteiger partial charge is 0.175 e. The molecule has 1 aromatic carbocycles. The summed E-state index contributed by atoms with van der Waals surface area (Å²) in [5.41, 5.74) is 1.08. The molecule has 128 valence electrons. The van der Waals surface area contributed by atoms with Gasteiger partial charge in [-0.15, -0.1) is 0 Å². The quantitative estimate of drug-likeness (QED) is 0.822. The van der Waals surface area contributed by atoms with Crippen LogP contribution in [0.3, 0.4) is 0 Å². The molecule has 3 rings (SSSR count). The normalized spacial score (nSPS) is 23.3. The lowest BCUT2D eigenvalue weighted by Crippen LogP contribution is -2.37. The summed E-state index contributed by atoms with van der Waals surface area (Å²) in [4.78, 5) is 2.67. The second-order valence-electron chi connectivity index (χ2n) is 6.52. The van der Waals surface area contributed by atoms with Crippen molar-refractivity contribution in [2.45, 2.75) is 30.3 Å². The lowest BCUT2D eigenvalue weighted by Gasteiger charge is -2.34. The molecule has 0 amide bonds. The first-order chi connectivity index (χ1) is 11.0. The molecule has 2 saturated heterocycles. The topological polar surface area (TPSA) is 55.8 Å². The van der Waals surface area contributed by atoms with Gasteiger partial charge < -0.3 is 14.4 Å². The van der Waals surface area contributed by atoms with Crippen LogP contribution in [0.4, 0.5) is 5.69 Å². The number of hydrogen-bond acceptors (Lipinski definition) is 5. The minimum Gasteiger partial charge on any atom is -0.381 e. The molecule has 1 aromatic rings. The fourth-order valence-corrected chi connectivity index (χ4v) is 3.80. The predicted molar refractivity (Wildman–Crippen MR) is 89.7 cm³/mol. The molecule has 0 spiro atoms. The van der Waals surface area contributed by atoms with Crippen molar-refractivity contribution in [3.8, 4) is 0 Å². The highest BCUT2D eigenvalue weighted by atomic mass is 32.2. The Morgan fingerprint density at radius 2 is 1.87 bits per heavy atom. The van der Waals surface area contributed by atoms with E-state index in [1.54, 1.807) is 12.1 Å². The molecule has 0 N–H and O–H groups in total. The van der Waals surface area contributed by atoms with Crippen LogP contribution in [0.2, 0.25) is 0 Å². The molecule has 0 saturated carbocycles. The number of hydrogen-bond donors (Lipinski definition) is 0. The van der Waals surface area contributed by atoms with Gasteiger partial charge in [-0.25, -0.2) is 8.42 Å². The van der Waals surface area contributed by atoms with Crippen molar-refractivity contribution in [3.05, 3.63) is 24.3 Å². The number of nitrogens with zero attached hydrogens (tertiary/aromatic N) is 1. The number of ether oxygens (including phenoxy) is 2. The third-order valence-electron chi connectivity index (χ3n) is 4.66. The molecule has 1 unspecified atom stereocenters. The van der Waals surface area contributed by atoms with E-state index in [1.165, 1.54) is 6.26 Å². The van der Waals surface area contributed by atoms with E-state index in [4.69, 9.17) is 9.47 Å². The summed E-state index contributed by atoms with van der Waals surface area (Å²) in [6.07, 6.45) is 4.72. The highest BCUT2D eigenvalue weighted by Gasteiger charge is 2.23. The van der Waals surface area contributed by atoms with Gasteiger partial charge in [-0.2, -0.15) is 0 Å².